The molecule has 1 aromatic carbocycles. The van der Waals surface area contributed by atoms with Crippen molar-refractivity contribution in [2.45, 2.75) is 19.3 Å². The monoisotopic (exact) mass is 191 g/mol. The van der Waals surface area contributed by atoms with Gasteiger partial charge in [-0.2, -0.15) is 0 Å². The average Bonchev–Trinajstić information content (AvgIpc) is 2.99. The molecule has 2 heteroatoms. The van der Waals surface area contributed by atoms with Crippen LogP contribution in [0, 0.1) is 5.92 Å². The Morgan fingerprint density at radius 3 is 2.79 bits per heavy atom. The molecule has 14 heavy (non-hydrogen) atoms. The summed E-state index contributed by atoms with van der Waals surface area (Å²) in [5, 5.41) is 0. The van der Waals surface area contributed by atoms with Crippen molar-refractivity contribution < 1.29 is 4.74 Å². The molecule has 1 aliphatic carbocycles. The van der Waals surface area contributed by atoms with Gasteiger partial charge in [-0.25, -0.2) is 0 Å². The topological polar surface area (TPSA) is 35.2 Å². The predicted molar refractivity (Wildman–Crippen MR) is 58.1 cm³/mol. The van der Waals surface area contributed by atoms with Crippen LogP contribution in [0.1, 0.15) is 18.4 Å². The lowest BCUT2D eigenvalue weighted by Gasteiger charge is -2.05. The van der Waals surface area contributed by atoms with Crippen LogP contribution in [-0.4, -0.2) is 13.2 Å². The molecule has 0 aliphatic heterocycles. The fraction of sp³-hybridized carbons (Fsp3) is 0.500. The van der Waals surface area contributed by atoms with Crippen molar-refractivity contribution in [3.8, 4) is 0 Å². The van der Waals surface area contributed by atoms with Crippen LogP contribution in [-0.2, 0) is 11.2 Å². The van der Waals surface area contributed by atoms with Crippen LogP contribution < -0.4 is 5.73 Å². The van der Waals surface area contributed by atoms with E-state index in [1.54, 1.807) is 0 Å². The largest absolute Gasteiger partial charge is 0.399 e. The van der Waals surface area contributed by atoms with Gasteiger partial charge in [0, 0.05) is 12.3 Å². The van der Waals surface area contributed by atoms with Crippen molar-refractivity contribution >= 4 is 5.69 Å². The Morgan fingerprint density at radius 2 is 2.07 bits per heavy atom. The zero-order chi connectivity index (χ0) is 9.80. The SMILES string of the molecule is Nc1ccccc1CCOCC1CC1. The van der Waals surface area contributed by atoms with Gasteiger partial charge in [-0.05, 0) is 36.8 Å². The molecular formula is C12H17NO. The van der Waals surface area contributed by atoms with E-state index >= 15 is 0 Å². The van der Waals surface area contributed by atoms with Crippen molar-refractivity contribution in [1.29, 1.82) is 0 Å². The van der Waals surface area contributed by atoms with Crippen molar-refractivity contribution in [2.24, 2.45) is 5.92 Å². The molecule has 0 unspecified atom stereocenters. The van der Waals surface area contributed by atoms with Crippen LogP contribution in [0.5, 0.6) is 0 Å². The Bertz CT molecular complexity index is 294. The molecule has 1 aliphatic rings. The smallest absolute Gasteiger partial charge is 0.0507 e. The molecule has 2 N–H and O–H groups in total. The van der Waals surface area contributed by atoms with E-state index in [0.29, 0.717) is 0 Å². The molecule has 0 radical (unpaired) electrons. The lowest BCUT2D eigenvalue weighted by Crippen LogP contribution is -2.03. The molecule has 2 rings (SSSR count). The van der Waals surface area contributed by atoms with Gasteiger partial charge in [0.05, 0.1) is 6.61 Å². The van der Waals surface area contributed by atoms with Crippen molar-refractivity contribution in [1.82, 2.24) is 0 Å². The summed E-state index contributed by atoms with van der Waals surface area (Å²) < 4.78 is 5.56. The third-order valence-corrected chi connectivity index (χ3v) is 2.62. The Morgan fingerprint density at radius 1 is 1.29 bits per heavy atom. The van der Waals surface area contributed by atoms with Gasteiger partial charge >= 0.3 is 0 Å². The van der Waals surface area contributed by atoms with E-state index in [2.05, 4.69) is 6.07 Å². The van der Waals surface area contributed by atoms with Crippen LogP contribution in [0.2, 0.25) is 0 Å². The summed E-state index contributed by atoms with van der Waals surface area (Å²) in [6.07, 6.45) is 3.64. The molecule has 0 atom stereocenters. The van der Waals surface area contributed by atoms with E-state index in [1.165, 1.54) is 18.4 Å². The summed E-state index contributed by atoms with van der Waals surface area (Å²) >= 11 is 0. The second-order valence-corrected chi connectivity index (χ2v) is 3.97. The van der Waals surface area contributed by atoms with Crippen LogP contribution in [0.15, 0.2) is 24.3 Å². The first-order valence-electron chi connectivity index (χ1n) is 5.27. The molecule has 0 amide bonds. The molecule has 1 aromatic rings. The van der Waals surface area contributed by atoms with E-state index in [9.17, 15) is 0 Å². The van der Waals surface area contributed by atoms with Gasteiger partial charge in [-0.1, -0.05) is 18.2 Å². The lowest BCUT2D eigenvalue weighted by molar-refractivity contribution is 0.127. The molecular weight excluding hydrogens is 174 g/mol. The first-order chi connectivity index (χ1) is 6.86. The second kappa shape index (κ2) is 4.47. The Labute approximate surface area is 85.1 Å². The number of ether oxygens (including phenoxy) is 1. The fourth-order valence-corrected chi connectivity index (χ4v) is 1.48. The molecule has 0 bridgehead atoms. The van der Waals surface area contributed by atoms with Gasteiger partial charge < -0.3 is 10.5 Å². The van der Waals surface area contributed by atoms with Gasteiger partial charge in [0.25, 0.3) is 0 Å². The molecule has 1 saturated carbocycles. The summed E-state index contributed by atoms with van der Waals surface area (Å²) in [5.74, 6) is 0.850. The van der Waals surface area contributed by atoms with Crippen LogP contribution in [0.25, 0.3) is 0 Å². The maximum Gasteiger partial charge on any atom is 0.0507 e. The summed E-state index contributed by atoms with van der Waals surface area (Å²) in [6.45, 7) is 1.73. The van der Waals surface area contributed by atoms with Crippen LogP contribution >= 0.6 is 0 Å². The second-order valence-electron chi connectivity index (χ2n) is 3.97. The predicted octanol–water partition coefficient (Wildman–Crippen LogP) is 2.24. The first-order valence-corrected chi connectivity index (χ1v) is 5.27. The number of anilines is 1. The third kappa shape index (κ3) is 2.74. The Hall–Kier alpha value is -1.02. The number of benzene rings is 1. The number of nitrogens with two attached hydrogens (primary N) is 1. The van der Waals surface area contributed by atoms with Crippen molar-refractivity contribution in [3.63, 3.8) is 0 Å². The highest BCUT2D eigenvalue weighted by molar-refractivity contribution is 5.46. The molecule has 0 aromatic heterocycles. The van der Waals surface area contributed by atoms with E-state index in [4.69, 9.17) is 10.5 Å². The summed E-state index contributed by atoms with van der Waals surface area (Å²) in [5.41, 5.74) is 7.89. The van der Waals surface area contributed by atoms with Gasteiger partial charge in [0.1, 0.15) is 0 Å². The number of para-hydroxylation sites is 1. The normalized spacial score (nSPS) is 15.7. The van der Waals surface area contributed by atoms with Gasteiger partial charge in [0.2, 0.25) is 0 Å². The molecule has 0 heterocycles. The third-order valence-electron chi connectivity index (χ3n) is 2.62. The van der Waals surface area contributed by atoms with E-state index in [1.807, 2.05) is 18.2 Å². The highest BCUT2D eigenvalue weighted by Crippen LogP contribution is 2.28. The van der Waals surface area contributed by atoms with E-state index < -0.39 is 0 Å². The fourth-order valence-electron chi connectivity index (χ4n) is 1.48. The minimum absolute atomic E-state index is 0.796. The van der Waals surface area contributed by atoms with Crippen molar-refractivity contribution in [2.75, 3.05) is 18.9 Å². The molecule has 2 nitrogen and oxygen atoms in total. The summed E-state index contributed by atoms with van der Waals surface area (Å²) in [4.78, 5) is 0. The lowest BCUT2D eigenvalue weighted by atomic mass is 10.1. The van der Waals surface area contributed by atoms with Gasteiger partial charge in [-0.15, -0.1) is 0 Å². The Balaban J connectivity index is 1.71. The number of nitrogen functional groups attached to an aromatic ring is 1. The average molecular weight is 191 g/mol. The Kier molecular flexibility index (Phi) is 3.04. The highest BCUT2D eigenvalue weighted by atomic mass is 16.5. The zero-order valence-corrected chi connectivity index (χ0v) is 8.41. The number of rotatable bonds is 5. The molecule has 0 spiro atoms. The van der Waals surface area contributed by atoms with E-state index in [-0.39, 0.29) is 0 Å². The van der Waals surface area contributed by atoms with Gasteiger partial charge in [-0.3, -0.25) is 0 Å². The number of hydrogen-bond donors (Lipinski definition) is 1. The van der Waals surface area contributed by atoms with Crippen molar-refractivity contribution in [3.05, 3.63) is 29.8 Å². The van der Waals surface area contributed by atoms with E-state index in [0.717, 1.165) is 31.2 Å². The maximum atomic E-state index is 5.82. The number of hydrogen-bond acceptors (Lipinski definition) is 2. The highest BCUT2D eigenvalue weighted by Gasteiger charge is 2.20. The first kappa shape index (κ1) is 9.53. The zero-order valence-electron chi connectivity index (χ0n) is 8.41. The molecule has 76 valence electrons. The quantitative estimate of drug-likeness (QED) is 0.572. The minimum atomic E-state index is 0.796. The van der Waals surface area contributed by atoms with Crippen LogP contribution in [0.3, 0.4) is 0 Å². The molecule has 1 fully saturated rings. The molecule has 0 saturated heterocycles. The maximum absolute atomic E-state index is 5.82. The standard InChI is InChI=1S/C12H17NO/c13-12-4-2-1-3-11(12)7-8-14-9-10-5-6-10/h1-4,10H,5-9,13H2. The van der Waals surface area contributed by atoms with Crippen LogP contribution in [0.4, 0.5) is 5.69 Å². The minimum Gasteiger partial charge on any atom is -0.399 e. The van der Waals surface area contributed by atoms with Gasteiger partial charge in [0.15, 0.2) is 0 Å². The summed E-state index contributed by atoms with van der Waals surface area (Å²) in [6, 6.07) is 7.99. The summed E-state index contributed by atoms with van der Waals surface area (Å²) in [7, 11) is 0.